The lowest BCUT2D eigenvalue weighted by molar-refractivity contribution is 0.0983. The second-order valence-corrected chi connectivity index (χ2v) is 6.48. The van der Waals surface area contributed by atoms with Crippen LogP contribution in [0.5, 0.6) is 0 Å². The highest BCUT2D eigenvalue weighted by Gasteiger charge is 2.19. The molecular formula is C13H16N2OS2. The van der Waals surface area contributed by atoms with Crippen molar-refractivity contribution >= 4 is 28.5 Å². The smallest absolute Gasteiger partial charge is 0.182 e. The summed E-state index contributed by atoms with van der Waals surface area (Å²) in [7, 11) is 0. The molecule has 96 valence electrons. The Balaban J connectivity index is 2.40. The van der Waals surface area contributed by atoms with Crippen LogP contribution in [0.2, 0.25) is 0 Å². The summed E-state index contributed by atoms with van der Waals surface area (Å²) in [5, 5.41) is 3.71. The molecule has 2 aromatic heterocycles. The molecule has 2 rings (SSSR count). The fraction of sp³-hybridized carbons (Fsp3) is 0.462. The third kappa shape index (κ3) is 2.84. The second kappa shape index (κ2) is 5.71. The van der Waals surface area contributed by atoms with Gasteiger partial charge in [-0.15, -0.1) is 22.7 Å². The summed E-state index contributed by atoms with van der Waals surface area (Å²) >= 11 is 3.17. The Morgan fingerprint density at radius 2 is 2.17 bits per heavy atom. The largest absolute Gasteiger partial charge is 0.292 e. The molecule has 0 unspecified atom stereocenters. The van der Waals surface area contributed by atoms with Crippen molar-refractivity contribution < 1.29 is 4.79 Å². The zero-order valence-corrected chi connectivity index (χ0v) is 12.4. The molecule has 0 N–H and O–H groups in total. The third-order valence-corrected chi connectivity index (χ3v) is 4.48. The van der Waals surface area contributed by atoms with Gasteiger partial charge in [-0.05, 0) is 12.3 Å². The molecule has 2 heterocycles. The van der Waals surface area contributed by atoms with Crippen molar-refractivity contribution in [3.05, 3.63) is 22.1 Å². The Bertz CT molecular complexity index is 529. The van der Waals surface area contributed by atoms with Crippen molar-refractivity contribution in [2.45, 2.75) is 33.6 Å². The first-order valence-electron chi connectivity index (χ1n) is 6.04. The quantitative estimate of drug-likeness (QED) is 0.776. The van der Waals surface area contributed by atoms with Crippen LogP contribution in [0.15, 0.2) is 11.6 Å². The highest BCUT2D eigenvalue weighted by molar-refractivity contribution is 7.20. The van der Waals surface area contributed by atoms with Crippen LogP contribution in [0.25, 0.3) is 10.0 Å². The van der Waals surface area contributed by atoms with Crippen LogP contribution in [0, 0.1) is 5.92 Å². The van der Waals surface area contributed by atoms with E-state index in [4.69, 9.17) is 0 Å². The van der Waals surface area contributed by atoms with Crippen LogP contribution in [0.4, 0.5) is 0 Å². The first-order chi connectivity index (χ1) is 8.61. The molecule has 0 saturated carbocycles. The van der Waals surface area contributed by atoms with Crippen molar-refractivity contribution in [1.29, 1.82) is 0 Å². The Morgan fingerprint density at radius 3 is 2.72 bits per heavy atom. The second-order valence-electron chi connectivity index (χ2n) is 4.50. The fourth-order valence-corrected chi connectivity index (χ4v) is 3.64. The van der Waals surface area contributed by atoms with Gasteiger partial charge in [-0.25, -0.2) is 9.97 Å². The monoisotopic (exact) mass is 280 g/mol. The molecule has 0 aliphatic rings. The Kier molecular flexibility index (Phi) is 4.24. The summed E-state index contributed by atoms with van der Waals surface area (Å²) < 4.78 is 0. The maximum Gasteiger partial charge on any atom is 0.182 e. The van der Waals surface area contributed by atoms with E-state index in [0.717, 1.165) is 21.3 Å². The minimum absolute atomic E-state index is 0.129. The highest BCUT2D eigenvalue weighted by atomic mass is 32.1. The minimum atomic E-state index is 0.129. The van der Waals surface area contributed by atoms with E-state index in [1.165, 1.54) is 0 Å². The predicted octanol–water partition coefficient (Wildman–Crippen LogP) is 4.06. The first-order valence-corrected chi connectivity index (χ1v) is 7.74. The number of Topliss-reactive ketones (excluding diaryl/α,β-unsaturated/α-hetero) is 1. The van der Waals surface area contributed by atoms with E-state index in [9.17, 15) is 4.79 Å². The topological polar surface area (TPSA) is 42.9 Å². The molecule has 0 bridgehead atoms. The van der Waals surface area contributed by atoms with Crippen LogP contribution in [-0.4, -0.2) is 15.8 Å². The van der Waals surface area contributed by atoms with Gasteiger partial charge in [-0.1, -0.05) is 20.8 Å². The molecule has 0 amide bonds. The Labute approximate surface area is 115 Å². The van der Waals surface area contributed by atoms with E-state index >= 15 is 0 Å². The van der Waals surface area contributed by atoms with Gasteiger partial charge in [0.25, 0.3) is 0 Å². The molecule has 18 heavy (non-hydrogen) atoms. The Morgan fingerprint density at radius 1 is 1.39 bits per heavy atom. The van der Waals surface area contributed by atoms with E-state index in [1.807, 2.05) is 12.3 Å². The molecule has 0 saturated heterocycles. The normalized spacial score (nSPS) is 11.1. The molecule has 3 nitrogen and oxygen atoms in total. The minimum Gasteiger partial charge on any atom is -0.292 e. The van der Waals surface area contributed by atoms with Crippen molar-refractivity contribution in [1.82, 2.24) is 9.97 Å². The molecule has 5 heteroatoms. The number of nitrogens with zero attached hydrogens (tertiary/aromatic N) is 2. The van der Waals surface area contributed by atoms with E-state index in [2.05, 4.69) is 23.8 Å². The molecular weight excluding hydrogens is 264 g/mol. The molecule has 2 aromatic rings. The molecule has 0 fully saturated rings. The number of carbonyl (C=O) groups excluding carboxylic acids is 1. The van der Waals surface area contributed by atoms with Gasteiger partial charge in [0.05, 0.1) is 0 Å². The summed E-state index contributed by atoms with van der Waals surface area (Å²) in [6.07, 6.45) is 3.18. The van der Waals surface area contributed by atoms with Crippen molar-refractivity contribution in [2.75, 3.05) is 0 Å². The number of thiazole rings is 2. The third-order valence-electron chi connectivity index (χ3n) is 2.49. The summed E-state index contributed by atoms with van der Waals surface area (Å²) in [4.78, 5) is 21.8. The van der Waals surface area contributed by atoms with Gasteiger partial charge in [0.2, 0.25) is 0 Å². The summed E-state index contributed by atoms with van der Waals surface area (Å²) in [6, 6.07) is 0. The maximum absolute atomic E-state index is 11.9. The Hall–Kier alpha value is -1.07. The fourth-order valence-electron chi connectivity index (χ4n) is 1.67. The zero-order chi connectivity index (χ0) is 13.1. The SMILES string of the molecule is CCC(=O)c1nc(-c2nccs2)sc1CC(C)C. The summed E-state index contributed by atoms with van der Waals surface area (Å²) in [6.45, 7) is 6.19. The zero-order valence-electron chi connectivity index (χ0n) is 10.8. The number of carbonyl (C=O) groups is 1. The molecule has 0 radical (unpaired) electrons. The molecule has 0 aliphatic carbocycles. The van der Waals surface area contributed by atoms with Gasteiger partial charge in [-0.3, -0.25) is 4.79 Å². The van der Waals surface area contributed by atoms with Crippen molar-refractivity contribution in [3.63, 3.8) is 0 Å². The van der Waals surface area contributed by atoms with Crippen molar-refractivity contribution in [3.8, 4) is 10.0 Å². The molecule has 0 atom stereocenters. The van der Waals surface area contributed by atoms with Crippen LogP contribution in [-0.2, 0) is 6.42 Å². The van der Waals surface area contributed by atoms with Gasteiger partial charge in [0.15, 0.2) is 15.8 Å². The van der Waals surface area contributed by atoms with Gasteiger partial charge in [0, 0.05) is 22.9 Å². The first kappa shape index (κ1) is 13.4. The summed E-state index contributed by atoms with van der Waals surface area (Å²) in [5.74, 6) is 0.655. The van der Waals surface area contributed by atoms with Gasteiger partial charge in [0.1, 0.15) is 5.69 Å². The van der Waals surface area contributed by atoms with Gasteiger partial charge in [-0.2, -0.15) is 0 Å². The predicted molar refractivity (Wildman–Crippen MR) is 76.4 cm³/mol. The van der Waals surface area contributed by atoms with E-state index < -0.39 is 0 Å². The number of rotatable bonds is 5. The number of aromatic nitrogens is 2. The summed E-state index contributed by atoms with van der Waals surface area (Å²) in [5.41, 5.74) is 0.654. The van der Waals surface area contributed by atoms with Crippen LogP contribution >= 0.6 is 22.7 Å². The maximum atomic E-state index is 11.9. The number of hydrogen-bond donors (Lipinski definition) is 0. The molecule has 0 aromatic carbocycles. The van der Waals surface area contributed by atoms with E-state index in [0.29, 0.717) is 18.0 Å². The van der Waals surface area contributed by atoms with Gasteiger partial charge < -0.3 is 0 Å². The van der Waals surface area contributed by atoms with Crippen molar-refractivity contribution in [2.24, 2.45) is 5.92 Å². The van der Waals surface area contributed by atoms with Crippen LogP contribution < -0.4 is 0 Å². The lowest BCUT2D eigenvalue weighted by Gasteiger charge is -2.02. The molecule has 0 spiro atoms. The number of ketones is 1. The number of hydrogen-bond acceptors (Lipinski definition) is 5. The average Bonchev–Trinajstić information content (AvgIpc) is 2.95. The van der Waals surface area contributed by atoms with Crippen LogP contribution in [0.1, 0.15) is 42.6 Å². The van der Waals surface area contributed by atoms with Crippen LogP contribution in [0.3, 0.4) is 0 Å². The lowest BCUT2D eigenvalue weighted by Crippen LogP contribution is -2.03. The standard InChI is InChI=1S/C13H16N2OS2/c1-4-9(16)11-10(7-8(2)3)18-13(15-11)12-14-5-6-17-12/h5-6,8H,4,7H2,1-3H3. The van der Waals surface area contributed by atoms with Gasteiger partial charge >= 0.3 is 0 Å². The lowest BCUT2D eigenvalue weighted by atomic mass is 10.1. The van der Waals surface area contributed by atoms with E-state index in [-0.39, 0.29) is 5.78 Å². The highest BCUT2D eigenvalue weighted by Crippen LogP contribution is 2.31. The van der Waals surface area contributed by atoms with E-state index in [1.54, 1.807) is 28.9 Å². The average molecular weight is 280 g/mol. The molecule has 0 aliphatic heterocycles.